The van der Waals surface area contributed by atoms with Gasteiger partial charge in [-0.15, -0.1) is 5.10 Å². The van der Waals surface area contributed by atoms with Gasteiger partial charge in [0.05, 0.1) is 12.2 Å². The number of benzene rings is 1. The first-order valence-electron chi connectivity index (χ1n) is 10.2. The lowest BCUT2D eigenvalue weighted by Gasteiger charge is -2.14. The van der Waals surface area contributed by atoms with Crippen molar-refractivity contribution in [3.05, 3.63) is 59.2 Å². The van der Waals surface area contributed by atoms with Gasteiger partial charge in [0.1, 0.15) is 11.5 Å². The molecule has 0 spiro atoms. The molecular weight excluding hydrogens is 382 g/mol. The highest BCUT2D eigenvalue weighted by atomic mass is 16.5. The van der Waals surface area contributed by atoms with Gasteiger partial charge >= 0.3 is 0 Å². The Morgan fingerprint density at radius 3 is 2.80 bits per heavy atom. The lowest BCUT2D eigenvalue weighted by molar-refractivity contribution is 0.101. The second-order valence-electron chi connectivity index (χ2n) is 7.13. The fourth-order valence-corrected chi connectivity index (χ4v) is 3.30. The van der Waals surface area contributed by atoms with E-state index in [2.05, 4.69) is 20.5 Å². The van der Waals surface area contributed by atoms with Gasteiger partial charge in [0.25, 0.3) is 0 Å². The molecule has 2 heterocycles. The number of ether oxygens (including phenoxy) is 1. The van der Waals surface area contributed by atoms with Crippen LogP contribution in [0.25, 0.3) is 0 Å². The first kappa shape index (κ1) is 21.4. The number of hydrogen-bond donors (Lipinski definition) is 1. The third-order valence-corrected chi connectivity index (χ3v) is 4.86. The highest BCUT2D eigenvalue weighted by Gasteiger charge is 2.16. The molecule has 8 nitrogen and oxygen atoms in total. The maximum atomic E-state index is 11.7. The minimum atomic E-state index is -0.158. The Morgan fingerprint density at radius 2 is 2.07 bits per heavy atom. The van der Waals surface area contributed by atoms with Crippen molar-refractivity contribution in [2.24, 2.45) is 0 Å². The van der Waals surface area contributed by atoms with Crippen LogP contribution in [0.5, 0.6) is 11.5 Å². The van der Waals surface area contributed by atoms with E-state index in [4.69, 9.17) is 4.74 Å². The zero-order valence-electron chi connectivity index (χ0n) is 17.4. The summed E-state index contributed by atoms with van der Waals surface area (Å²) in [5.74, 6) is 1.30. The van der Waals surface area contributed by atoms with Crippen molar-refractivity contribution in [3.8, 4) is 11.5 Å². The van der Waals surface area contributed by atoms with Crippen molar-refractivity contribution in [2.75, 3.05) is 6.61 Å². The number of nitrogens with zero attached hydrogens (tertiary/aromatic N) is 5. The molecule has 0 atom stereocenters. The summed E-state index contributed by atoms with van der Waals surface area (Å²) in [6.45, 7) is 4.62. The Bertz CT molecular complexity index is 972. The standard InChI is InChI=1S/C22H27N5O3/c1-3-6-19-20(10-9-18(16(2)28)22(19)29)30-14-5-8-21-24-25-26-27(21)13-11-17-7-4-12-23-15-17/h4,7,9-10,12,15,29H,3,5-6,8,11,13-14H2,1-2H3. The Morgan fingerprint density at radius 1 is 1.20 bits per heavy atom. The molecule has 30 heavy (non-hydrogen) atoms. The van der Waals surface area contributed by atoms with Crippen LogP contribution in [0.4, 0.5) is 0 Å². The van der Waals surface area contributed by atoms with Gasteiger partial charge < -0.3 is 9.84 Å². The maximum Gasteiger partial charge on any atom is 0.163 e. The number of phenols is 1. The van der Waals surface area contributed by atoms with E-state index in [-0.39, 0.29) is 11.5 Å². The van der Waals surface area contributed by atoms with Gasteiger partial charge in [0.2, 0.25) is 0 Å². The smallest absolute Gasteiger partial charge is 0.163 e. The summed E-state index contributed by atoms with van der Waals surface area (Å²) in [4.78, 5) is 15.8. The Kier molecular flexibility index (Phi) is 7.48. The molecule has 0 bridgehead atoms. The number of aromatic hydroxyl groups is 1. The molecule has 0 unspecified atom stereocenters. The van der Waals surface area contributed by atoms with Crippen LogP contribution in [-0.2, 0) is 25.8 Å². The third kappa shape index (κ3) is 5.40. The van der Waals surface area contributed by atoms with Crippen LogP contribution in [0.1, 0.15) is 54.0 Å². The quantitative estimate of drug-likeness (QED) is 0.383. The number of Topliss-reactive ketones (excluding diaryl/α,β-unsaturated/α-hetero) is 1. The van der Waals surface area contributed by atoms with Gasteiger partial charge in [-0.1, -0.05) is 19.4 Å². The van der Waals surface area contributed by atoms with Crippen LogP contribution < -0.4 is 4.74 Å². The number of pyridine rings is 1. The summed E-state index contributed by atoms with van der Waals surface area (Å²) in [6, 6.07) is 7.33. The highest BCUT2D eigenvalue weighted by Crippen LogP contribution is 2.33. The molecule has 3 aromatic rings. The van der Waals surface area contributed by atoms with Gasteiger partial charge in [-0.2, -0.15) is 0 Å². The van der Waals surface area contributed by atoms with Crippen LogP contribution >= 0.6 is 0 Å². The summed E-state index contributed by atoms with van der Waals surface area (Å²) in [6.07, 6.45) is 7.31. The first-order chi connectivity index (χ1) is 14.6. The average Bonchev–Trinajstić information content (AvgIpc) is 3.19. The van der Waals surface area contributed by atoms with E-state index >= 15 is 0 Å². The molecule has 2 aromatic heterocycles. The Hall–Kier alpha value is -3.29. The minimum absolute atomic E-state index is 0.0289. The normalized spacial score (nSPS) is 10.9. The van der Waals surface area contributed by atoms with Crippen molar-refractivity contribution in [1.29, 1.82) is 0 Å². The molecule has 0 saturated heterocycles. The molecule has 3 rings (SSSR count). The lowest BCUT2D eigenvalue weighted by Crippen LogP contribution is -2.10. The van der Waals surface area contributed by atoms with Crippen molar-refractivity contribution in [3.63, 3.8) is 0 Å². The van der Waals surface area contributed by atoms with Crippen molar-refractivity contribution >= 4 is 5.78 Å². The van der Waals surface area contributed by atoms with Crippen LogP contribution in [0, 0.1) is 0 Å². The molecule has 0 saturated carbocycles. The number of hydrogen-bond acceptors (Lipinski definition) is 7. The van der Waals surface area contributed by atoms with Crippen molar-refractivity contribution in [2.45, 2.75) is 52.5 Å². The molecule has 8 heteroatoms. The molecule has 1 N–H and O–H groups in total. The average molecular weight is 409 g/mol. The molecule has 158 valence electrons. The molecule has 0 aliphatic heterocycles. The van der Waals surface area contributed by atoms with Gasteiger partial charge in [0.15, 0.2) is 11.6 Å². The number of carbonyl (C=O) groups excluding carboxylic acids is 1. The maximum absolute atomic E-state index is 11.7. The van der Waals surface area contributed by atoms with Crippen LogP contribution in [0.3, 0.4) is 0 Å². The second-order valence-corrected chi connectivity index (χ2v) is 7.13. The molecule has 0 aliphatic rings. The SMILES string of the molecule is CCCc1c(OCCCc2nnnn2CCc2cccnc2)ccc(C(C)=O)c1O. The van der Waals surface area contributed by atoms with Gasteiger partial charge in [-0.25, -0.2) is 4.68 Å². The van der Waals surface area contributed by atoms with E-state index in [0.717, 1.165) is 30.7 Å². The van der Waals surface area contributed by atoms with E-state index in [1.54, 1.807) is 18.3 Å². The first-order valence-corrected chi connectivity index (χ1v) is 10.2. The van der Waals surface area contributed by atoms with Crippen LogP contribution in [0.2, 0.25) is 0 Å². The van der Waals surface area contributed by atoms with Crippen molar-refractivity contribution in [1.82, 2.24) is 25.2 Å². The lowest BCUT2D eigenvalue weighted by atomic mass is 10.0. The van der Waals surface area contributed by atoms with Gasteiger partial charge in [-0.3, -0.25) is 9.78 Å². The summed E-state index contributed by atoms with van der Waals surface area (Å²) in [5.41, 5.74) is 2.16. The third-order valence-electron chi connectivity index (χ3n) is 4.86. The van der Waals surface area contributed by atoms with Crippen LogP contribution in [-0.4, -0.2) is 42.7 Å². The number of phenolic OH excluding ortho intramolecular Hbond substituents is 1. The Labute approximate surface area is 175 Å². The monoisotopic (exact) mass is 409 g/mol. The fraction of sp³-hybridized carbons (Fsp3) is 0.409. The fourth-order valence-electron chi connectivity index (χ4n) is 3.30. The molecule has 0 amide bonds. The molecule has 0 radical (unpaired) electrons. The molecule has 0 aliphatic carbocycles. The molecular formula is C22H27N5O3. The predicted octanol–water partition coefficient (Wildman–Crippen LogP) is 3.18. The number of aromatic nitrogens is 5. The van der Waals surface area contributed by atoms with E-state index in [0.29, 0.717) is 42.9 Å². The number of tetrazole rings is 1. The zero-order valence-corrected chi connectivity index (χ0v) is 17.4. The zero-order chi connectivity index (χ0) is 21.3. The predicted molar refractivity (Wildman–Crippen MR) is 112 cm³/mol. The largest absolute Gasteiger partial charge is 0.507 e. The Balaban J connectivity index is 1.55. The van der Waals surface area contributed by atoms with Gasteiger partial charge in [0, 0.05) is 30.9 Å². The minimum Gasteiger partial charge on any atom is -0.507 e. The van der Waals surface area contributed by atoms with Crippen LogP contribution in [0.15, 0.2) is 36.7 Å². The summed E-state index contributed by atoms with van der Waals surface area (Å²) < 4.78 is 7.72. The number of carbonyl (C=O) groups is 1. The number of rotatable bonds is 11. The van der Waals surface area contributed by atoms with Crippen molar-refractivity contribution < 1.29 is 14.6 Å². The van der Waals surface area contributed by atoms with E-state index < -0.39 is 0 Å². The number of ketones is 1. The summed E-state index contributed by atoms with van der Waals surface area (Å²) in [7, 11) is 0. The number of aryl methyl sites for hydroxylation is 3. The van der Waals surface area contributed by atoms with E-state index in [1.165, 1.54) is 6.92 Å². The molecule has 0 fully saturated rings. The summed E-state index contributed by atoms with van der Waals surface area (Å²) in [5, 5.41) is 22.4. The topological polar surface area (TPSA) is 103 Å². The summed E-state index contributed by atoms with van der Waals surface area (Å²) >= 11 is 0. The van der Waals surface area contributed by atoms with E-state index in [1.807, 2.05) is 29.9 Å². The highest BCUT2D eigenvalue weighted by molar-refractivity contribution is 5.97. The van der Waals surface area contributed by atoms with E-state index in [9.17, 15) is 9.90 Å². The molecule has 1 aromatic carbocycles. The van der Waals surface area contributed by atoms with Gasteiger partial charge in [-0.05, 0) is 60.4 Å². The second kappa shape index (κ2) is 10.5.